The number of carbonyl (C=O) groups excluding carboxylic acids is 1. The fourth-order valence-corrected chi connectivity index (χ4v) is 2.19. The van der Waals surface area contributed by atoms with E-state index >= 15 is 0 Å². The van der Waals surface area contributed by atoms with Crippen molar-refractivity contribution in [3.8, 4) is 0 Å². The van der Waals surface area contributed by atoms with Gasteiger partial charge in [-0.25, -0.2) is 0 Å². The Labute approximate surface area is 103 Å². The quantitative estimate of drug-likeness (QED) is 0.847. The van der Waals surface area contributed by atoms with Crippen molar-refractivity contribution < 1.29 is 4.79 Å². The summed E-state index contributed by atoms with van der Waals surface area (Å²) in [6.07, 6.45) is 1.99. The van der Waals surface area contributed by atoms with Crippen LogP contribution in [0.5, 0.6) is 0 Å². The van der Waals surface area contributed by atoms with Crippen LogP contribution >= 0.6 is 0 Å². The average Bonchev–Trinajstić information content (AvgIpc) is 3.04. The summed E-state index contributed by atoms with van der Waals surface area (Å²) in [4.78, 5) is 11.9. The number of rotatable bonds is 4. The first kappa shape index (κ1) is 12.2. The standard InChI is InChI=1S/C15H21NO/c1-4-14(12-7-5-10(2)6-8-12)16-15(17)13-9-11(13)3/h5-8,11,13-14H,4,9H2,1-3H3,(H,16,17). The van der Waals surface area contributed by atoms with Crippen LogP contribution in [0.15, 0.2) is 24.3 Å². The fraction of sp³-hybridized carbons (Fsp3) is 0.533. The zero-order valence-corrected chi connectivity index (χ0v) is 10.9. The lowest BCUT2D eigenvalue weighted by Gasteiger charge is -2.17. The van der Waals surface area contributed by atoms with Crippen LogP contribution in [0.3, 0.4) is 0 Å². The summed E-state index contributed by atoms with van der Waals surface area (Å²) in [6.45, 7) is 6.33. The van der Waals surface area contributed by atoms with Gasteiger partial charge in [0.15, 0.2) is 0 Å². The highest BCUT2D eigenvalue weighted by Crippen LogP contribution is 2.38. The SMILES string of the molecule is CCC(NC(=O)C1CC1C)c1ccc(C)cc1. The summed E-state index contributed by atoms with van der Waals surface area (Å²) < 4.78 is 0. The lowest BCUT2D eigenvalue weighted by molar-refractivity contribution is -0.123. The number of carbonyl (C=O) groups is 1. The minimum Gasteiger partial charge on any atom is -0.349 e. The summed E-state index contributed by atoms with van der Waals surface area (Å²) in [5.74, 6) is 1.06. The van der Waals surface area contributed by atoms with E-state index in [1.807, 2.05) is 0 Å². The summed E-state index contributed by atoms with van der Waals surface area (Å²) in [7, 11) is 0. The van der Waals surface area contributed by atoms with E-state index in [1.165, 1.54) is 11.1 Å². The maximum Gasteiger partial charge on any atom is 0.223 e. The molecule has 92 valence electrons. The van der Waals surface area contributed by atoms with E-state index in [0.29, 0.717) is 5.92 Å². The summed E-state index contributed by atoms with van der Waals surface area (Å²) in [5, 5.41) is 3.16. The van der Waals surface area contributed by atoms with E-state index in [-0.39, 0.29) is 17.9 Å². The number of benzene rings is 1. The molecule has 0 bridgehead atoms. The molecule has 0 heterocycles. The molecule has 2 heteroatoms. The van der Waals surface area contributed by atoms with Crippen molar-refractivity contribution in [1.82, 2.24) is 5.32 Å². The predicted molar refractivity (Wildman–Crippen MR) is 69.6 cm³/mol. The highest BCUT2D eigenvalue weighted by atomic mass is 16.2. The Kier molecular flexibility index (Phi) is 3.51. The van der Waals surface area contributed by atoms with Gasteiger partial charge in [0.25, 0.3) is 0 Å². The summed E-state index contributed by atoms with van der Waals surface area (Å²) >= 11 is 0. The molecule has 1 aliphatic rings. The second-order valence-corrected chi connectivity index (χ2v) is 5.20. The second kappa shape index (κ2) is 4.91. The molecular formula is C15H21NO. The monoisotopic (exact) mass is 231 g/mol. The first-order valence-corrected chi connectivity index (χ1v) is 6.48. The van der Waals surface area contributed by atoms with Crippen LogP contribution in [0.25, 0.3) is 0 Å². The molecule has 2 nitrogen and oxygen atoms in total. The van der Waals surface area contributed by atoms with E-state index < -0.39 is 0 Å². The first-order valence-electron chi connectivity index (χ1n) is 6.48. The highest BCUT2D eigenvalue weighted by Gasteiger charge is 2.39. The lowest BCUT2D eigenvalue weighted by atomic mass is 10.0. The summed E-state index contributed by atoms with van der Waals surface area (Å²) in [6, 6.07) is 8.59. The Morgan fingerprint density at radius 3 is 2.47 bits per heavy atom. The van der Waals surface area contributed by atoms with Crippen molar-refractivity contribution in [1.29, 1.82) is 0 Å². The molecule has 0 spiro atoms. The van der Waals surface area contributed by atoms with Crippen LogP contribution in [0.2, 0.25) is 0 Å². The minimum absolute atomic E-state index is 0.163. The van der Waals surface area contributed by atoms with Gasteiger partial charge in [-0.3, -0.25) is 4.79 Å². The fourth-order valence-electron chi connectivity index (χ4n) is 2.19. The number of hydrogen-bond donors (Lipinski definition) is 1. The molecule has 1 aliphatic carbocycles. The van der Waals surface area contributed by atoms with Gasteiger partial charge in [0.1, 0.15) is 0 Å². The molecule has 3 atom stereocenters. The maximum atomic E-state index is 11.9. The smallest absolute Gasteiger partial charge is 0.223 e. The van der Waals surface area contributed by atoms with Crippen LogP contribution in [0.4, 0.5) is 0 Å². The van der Waals surface area contributed by atoms with Gasteiger partial charge in [0, 0.05) is 5.92 Å². The van der Waals surface area contributed by atoms with Crippen LogP contribution < -0.4 is 5.32 Å². The number of hydrogen-bond acceptors (Lipinski definition) is 1. The molecule has 1 aromatic rings. The molecule has 3 unspecified atom stereocenters. The largest absolute Gasteiger partial charge is 0.349 e. The Bertz CT molecular complexity index is 396. The molecule has 2 rings (SSSR count). The molecule has 17 heavy (non-hydrogen) atoms. The number of amides is 1. The van der Waals surface area contributed by atoms with Gasteiger partial charge in [-0.2, -0.15) is 0 Å². The Morgan fingerprint density at radius 2 is 2.00 bits per heavy atom. The van der Waals surface area contributed by atoms with Gasteiger partial charge in [0.05, 0.1) is 6.04 Å². The van der Waals surface area contributed by atoms with E-state index in [9.17, 15) is 4.79 Å². The van der Waals surface area contributed by atoms with Gasteiger partial charge in [-0.15, -0.1) is 0 Å². The normalized spacial score (nSPS) is 24.2. The van der Waals surface area contributed by atoms with E-state index in [0.717, 1.165) is 12.8 Å². The maximum absolute atomic E-state index is 11.9. The topological polar surface area (TPSA) is 29.1 Å². The number of aryl methyl sites for hydroxylation is 1. The number of nitrogens with one attached hydrogen (secondary N) is 1. The molecule has 0 radical (unpaired) electrons. The van der Waals surface area contributed by atoms with Crippen LogP contribution in [-0.2, 0) is 4.79 Å². The Morgan fingerprint density at radius 1 is 1.41 bits per heavy atom. The van der Waals surface area contributed by atoms with Crippen molar-refractivity contribution in [3.05, 3.63) is 35.4 Å². The first-order chi connectivity index (χ1) is 8.11. The van der Waals surface area contributed by atoms with Crippen LogP contribution in [0, 0.1) is 18.8 Å². The van der Waals surface area contributed by atoms with Crippen LogP contribution in [-0.4, -0.2) is 5.91 Å². The average molecular weight is 231 g/mol. The Balaban J connectivity index is 2.01. The second-order valence-electron chi connectivity index (χ2n) is 5.20. The van der Waals surface area contributed by atoms with E-state index in [1.54, 1.807) is 0 Å². The van der Waals surface area contributed by atoms with E-state index in [2.05, 4.69) is 50.4 Å². The van der Waals surface area contributed by atoms with Crippen molar-refractivity contribution in [2.75, 3.05) is 0 Å². The molecule has 1 saturated carbocycles. The van der Waals surface area contributed by atoms with Gasteiger partial charge in [-0.1, -0.05) is 43.7 Å². The molecular weight excluding hydrogens is 210 g/mol. The van der Waals surface area contributed by atoms with Gasteiger partial charge < -0.3 is 5.32 Å². The third kappa shape index (κ3) is 2.87. The Hall–Kier alpha value is -1.31. The third-order valence-electron chi connectivity index (χ3n) is 3.65. The molecule has 0 saturated heterocycles. The molecule has 1 amide bonds. The van der Waals surface area contributed by atoms with Gasteiger partial charge in [0.2, 0.25) is 5.91 Å². The van der Waals surface area contributed by atoms with Crippen molar-refractivity contribution in [2.24, 2.45) is 11.8 Å². The van der Waals surface area contributed by atoms with E-state index in [4.69, 9.17) is 0 Å². The molecule has 0 aliphatic heterocycles. The predicted octanol–water partition coefficient (Wildman–Crippen LogP) is 3.22. The molecule has 1 aromatic carbocycles. The lowest BCUT2D eigenvalue weighted by Crippen LogP contribution is -2.29. The van der Waals surface area contributed by atoms with Crippen molar-refractivity contribution >= 4 is 5.91 Å². The summed E-state index contributed by atoms with van der Waals surface area (Å²) in [5.41, 5.74) is 2.46. The molecule has 1 N–H and O–H groups in total. The van der Waals surface area contributed by atoms with Crippen molar-refractivity contribution in [2.45, 2.75) is 39.7 Å². The van der Waals surface area contributed by atoms with Crippen molar-refractivity contribution in [3.63, 3.8) is 0 Å². The zero-order chi connectivity index (χ0) is 12.4. The third-order valence-corrected chi connectivity index (χ3v) is 3.65. The minimum atomic E-state index is 0.163. The highest BCUT2D eigenvalue weighted by molar-refractivity contribution is 5.81. The van der Waals surface area contributed by atoms with Gasteiger partial charge >= 0.3 is 0 Å². The zero-order valence-electron chi connectivity index (χ0n) is 10.9. The molecule has 1 fully saturated rings. The molecule has 0 aromatic heterocycles. The van der Waals surface area contributed by atoms with Crippen LogP contribution in [0.1, 0.15) is 43.9 Å². The van der Waals surface area contributed by atoms with Gasteiger partial charge in [-0.05, 0) is 31.2 Å².